The first-order chi connectivity index (χ1) is 5.36. The third-order valence-corrected chi connectivity index (χ3v) is 1.99. The van der Waals surface area contributed by atoms with Crippen LogP contribution in [0.4, 0.5) is 4.39 Å². The first-order valence-corrected chi connectivity index (χ1v) is 3.83. The largest absolute Gasteiger partial charge is 0.465 e. The van der Waals surface area contributed by atoms with Gasteiger partial charge in [-0.2, -0.15) is 0 Å². The predicted molar refractivity (Wildman–Crippen MR) is 38.6 cm³/mol. The zero-order chi connectivity index (χ0) is 7.68. The molecule has 11 heavy (non-hydrogen) atoms. The molecule has 1 N–H and O–H groups in total. The highest BCUT2D eigenvalue weighted by Crippen LogP contribution is 2.23. The van der Waals surface area contributed by atoms with E-state index in [1.807, 2.05) is 0 Å². The van der Waals surface area contributed by atoms with Gasteiger partial charge < -0.3 is 9.73 Å². The van der Waals surface area contributed by atoms with Crippen LogP contribution in [0.25, 0.3) is 0 Å². The molecule has 0 radical (unpaired) electrons. The van der Waals surface area contributed by atoms with Gasteiger partial charge in [-0.1, -0.05) is 0 Å². The molecule has 0 aliphatic carbocycles. The molecule has 1 aliphatic heterocycles. The lowest BCUT2D eigenvalue weighted by Crippen LogP contribution is -2.11. The maximum Gasteiger partial charge on any atom is 0.161 e. The highest BCUT2D eigenvalue weighted by atomic mass is 19.1. The maximum absolute atomic E-state index is 12.5. The Balaban J connectivity index is 2.15. The molecule has 2 heterocycles. The molecule has 3 heteroatoms. The van der Waals surface area contributed by atoms with E-state index in [9.17, 15) is 4.39 Å². The summed E-state index contributed by atoms with van der Waals surface area (Å²) in [5.41, 5.74) is 0. The molecule has 1 fully saturated rings. The van der Waals surface area contributed by atoms with Crippen LogP contribution in [0.5, 0.6) is 0 Å². The number of halogens is 1. The van der Waals surface area contributed by atoms with Gasteiger partial charge in [-0.25, -0.2) is 4.39 Å². The van der Waals surface area contributed by atoms with Gasteiger partial charge in [0, 0.05) is 6.07 Å². The summed E-state index contributed by atoms with van der Waals surface area (Å²) in [5.74, 6) is 0.439. The van der Waals surface area contributed by atoms with Crippen molar-refractivity contribution in [2.45, 2.75) is 18.9 Å². The van der Waals surface area contributed by atoms with Crippen molar-refractivity contribution < 1.29 is 8.81 Å². The van der Waals surface area contributed by atoms with Crippen LogP contribution in [-0.4, -0.2) is 6.54 Å². The third kappa shape index (κ3) is 1.28. The Labute approximate surface area is 64.4 Å². The second-order valence-corrected chi connectivity index (χ2v) is 2.82. The van der Waals surface area contributed by atoms with Gasteiger partial charge in [0.1, 0.15) is 12.0 Å². The average molecular weight is 155 g/mol. The molecule has 1 aromatic rings. The fourth-order valence-corrected chi connectivity index (χ4v) is 1.44. The minimum atomic E-state index is -0.284. The fourth-order valence-electron chi connectivity index (χ4n) is 1.44. The second kappa shape index (κ2) is 2.66. The molecular formula is C8H10FNO. The monoisotopic (exact) mass is 155 g/mol. The van der Waals surface area contributed by atoms with Crippen molar-refractivity contribution in [1.82, 2.24) is 5.32 Å². The molecule has 1 aliphatic rings. The number of nitrogens with one attached hydrogen (secondary N) is 1. The molecule has 2 nitrogen and oxygen atoms in total. The summed E-state index contributed by atoms with van der Waals surface area (Å²) in [4.78, 5) is 0. The zero-order valence-electron chi connectivity index (χ0n) is 6.14. The normalized spacial score (nSPS) is 24.3. The molecule has 0 unspecified atom stereocenters. The summed E-state index contributed by atoms with van der Waals surface area (Å²) in [5, 5.41) is 3.23. The molecule has 0 aromatic carbocycles. The Hall–Kier alpha value is -0.830. The van der Waals surface area contributed by atoms with E-state index in [-0.39, 0.29) is 11.9 Å². The van der Waals surface area contributed by atoms with E-state index in [2.05, 4.69) is 5.32 Å². The molecule has 1 atom stereocenters. The van der Waals surface area contributed by atoms with Crippen molar-refractivity contribution in [2.75, 3.05) is 6.54 Å². The highest BCUT2D eigenvalue weighted by molar-refractivity contribution is 5.07. The minimum Gasteiger partial charge on any atom is -0.465 e. The molecule has 0 spiro atoms. The van der Waals surface area contributed by atoms with Crippen molar-refractivity contribution >= 4 is 0 Å². The lowest BCUT2D eigenvalue weighted by Gasteiger charge is -2.03. The van der Waals surface area contributed by atoms with Crippen LogP contribution in [0, 0.1) is 5.82 Å². The average Bonchev–Trinajstić information content (AvgIpc) is 2.55. The Kier molecular flexibility index (Phi) is 1.66. The zero-order valence-corrected chi connectivity index (χ0v) is 6.14. The Morgan fingerprint density at radius 2 is 2.55 bits per heavy atom. The number of furan rings is 1. The van der Waals surface area contributed by atoms with Gasteiger partial charge in [-0.05, 0) is 19.4 Å². The first kappa shape index (κ1) is 6.85. The molecule has 0 bridgehead atoms. The summed E-state index contributed by atoms with van der Waals surface area (Å²) in [7, 11) is 0. The molecule has 2 rings (SSSR count). The predicted octanol–water partition coefficient (Wildman–Crippen LogP) is 1.84. The Morgan fingerprint density at radius 1 is 1.64 bits per heavy atom. The van der Waals surface area contributed by atoms with Gasteiger partial charge in [0.05, 0.1) is 6.04 Å². The maximum atomic E-state index is 12.5. The van der Waals surface area contributed by atoms with Crippen molar-refractivity contribution in [3.63, 3.8) is 0 Å². The van der Waals surface area contributed by atoms with Crippen LogP contribution >= 0.6 is 0 Å². The van der Waals surface area contributed by atoms with Crippen molar-refractivity contribution in [1.29, 1.82) is 0 Å². The van der Waals surface area contributed by atoms with Gasteiger partial charge in [-0.3, -0.25) is 0 Å². The SMILES string of the molecule is Fc1coc([C@@H]2CCCN2)c1. The van der Waals surface area contributed by atoms with Gasteiger partial charge in [0.15, 0.2) is 5.82 Å². The van der Waals surface area contributed by atoms with Gasteiger partial charge in [-0.15, -0.1) is 0 Å². The van der Waals surface area contributed by atoms with Crippen LogP contribution in [-0.2, 0) is 0 Å². The summed E-state index contributed by atoms with van der Waals surface area (Å²) in [6.45, 7) is 1.01. The summed E-state index contributed by atoms with van der Waals surface area (Å²) >= 11 is 0. The van der Waals surface area contributed by atoms with E-state index < -0.39 is 0 Å². The summed E-state index contributed by atoms with van der Waals surface area (Å²) < 4.78 is 17.5. The van der Waals surface area contributed by atoms with E-state index in [0.717, 1.165) is 31.4 Å². The van der Waals surface area contributed by atoms with Gasteiger partial charge in [0.25, 0.3) is 0 Å². The number of rotatable bonds is 1. The minimum absolute atomic E-state index is 0.236. The Morgan fingerprint density at radius 3 is 3.09 bits per heavy atom. The number of hydrogen-bond acceptors (Lipinski definition) is 2. The summed E-state index contributed by atoms with van der Waals surface area (Å²) in [6, 6.07) is 1.68. The smallest absolute Gasteiger partial charge is 0.161 e. The standard InChI is InChI=1S/C8H10FNO/c9-6-4-8(11-5-6)7-2-1-3-10-7/h4-5,7,10H,1-3H2/t7-/m0/s1. The van der Waals surface area contributed by atoms with E-state index >= 15 is 0 Å². The van der Waals surface area contributed by atoms with Crippen LogP contribution in [0.3, 0.4) is 0 Å². The Bertz CT molecular complexity index is 240. The molecule has 0 amide bonds. The van der Waals surface area contributed by atoms with E-state index in [0.29, 0.717) is 0 Å². The quantitative estimate of drug-likeness (QED) is 0.669. The van der Waals surface area contributed by atoms with Crippen LogP contribution < -0.4 is 5.32 Å². The topological polar surface area (TPSA) is 25.2 Å². The molecule has 60 valence electrons. The van der Waals surface area contributed by atoms with E-state index in [1.165, 1.54) is 6.07 Å². The van der Waals surface area contributed by atoms with Crippen LogP contribution in [0.1, 0.15) is 24.6 Å². The molecular weight excluding hydrogens is 145 g/mol. The van der Waals surface area contributed by atoms with E-state index in [1.54, 1.807) is 0 Å². The lowest BCUT2D eigenvalue weighted by atomic mass is 10.2. The van der Waals surface area contributed by atoms with E-state index in [4.69, 9.17) is 4.42 Å². The second-order valence-electron chi connectivity index (χ2n) is 2.82. The van der Waals surface area contributed by atoms with Crippen LogP contribution in [0.2, 0.25) is 0 Å². The summed E-state index contributed by atoms with van der Waals surface area (Å²) in [6.07, 6.45) is 3.34. The van der Waals surface area contributed by atoms with Crippen LogP contribution in [0.15, 0.2) is 16.7 Å². The number of hydrogen-bond donors (Lipinski definition) is 1. The molecule has 0 saturated carbocycles. The first-order valence-electron chi connectivity index (χ1n) is 3.83. The van der Waals surface area contributed by atoms with Crippen molar-refractivity contribution in [3.05, 3.63) is 23.9 Å². The van der Waals surface area contributed by atoms with Crippen molar-refractivity contribution in [3.8, 4) is 0 Å². The highest BCUT2D eigenvalue weighted by Gasteiger charge is 2.19. The van der Waals surface area contributed by atoms with Gasteiger partial charge >= 0.3 is 0 Å². The van der Waals surface area contributed by atoms with Gasteiger partial charge in [0.2, 0.25) is 0 Å². The lowest BCUT2D eigenvalue weighted by molar-refractivity contribution is 0.440. The van der Waals surface area contributed by atoms with Crippen molar-refractivity contribution in [2.24, 2.45) is 0 Å². The molecule has 1 aromatic heterocycles. The third-order valence-electron chi connectivity index (χ3n) is 1.99. The molecule has 1 saturated heterocycles. The fraction of sp³-hybridized carbons (Fsp3) is 0.500.